The molecule has 7 heteroatoms. The number of H-pyrrole nitrogens is 1. The molecule has 1 aromatic heterocycles. The van der Waals surface area contributed by atoms with Gasteiger partial charge in [0.05, 0.1) is 16.4 Å². The van der Waals surface area contributed by atoms with Gasteiger partial charge in [0.25, 0.3) is 5.91 Å². The van der Waals surface area contributed by atoms with E-state index < -0.39 is 11.6 Å². The summed E-state index contributed by atoms with van der Waals surface area (Å²) in [5.74, 6) is -0.627. The molecule has 1 heterocycles. The molecular weight excluding hydrogens is 316 g/mol. The van der Waals surface area contributed by atoms with Crippen molar-refractivity contribution in [1.82, 2.24) is 14.8 Å². The average molecular weight is 329 g/mol. The fourth-order valence-corrected chi connectivity index (χ4v) is 2.29. The van der Waals surface area contributed by atoms with Gasteiger partial charge in [0.2, 0.25) is 5.82 Å². The van der Waals surface area contributed by atoms with Crippen molar-refractivity contribution < 1.29 is 4.79 Å². The lowest BCUT2D eigenvalue weighted by atomic mass is 10.2. The molecule has 0 spiro atoms. The summed E-state index contributed by atoms with van der Waals surface area (Å²) in [5, 5.41) is 7.06. The first-order valence-electron chi connectivity index (χ1n) is 6.87. The standard InChI is InChI=1S/C16H13ClN4O2/c1-10-5-4-6-11(9-10)21-16(23)19-14(20-21)15(22)18-13-8-3-2-7-12(13)17/h2-9H,1H3,(H,18,22)(H,19,20,23). The Morgan fingerprint density at radius 2 is 2.00 bits per heavy atom. The zero-order valence-electron chi connectivity index (χ0n) is 12.2. The second-order valence-electron chi connectivity index (χ2n) is 4.96. The number of aromatic nitrogens is 3. The smallest absolute Gasteiger partial charge is 0.318 e. The van der Waals surface area contributed by atoms with E-state index in [1.54, 1.807) is 36.4 Å². The Bertz CT molecular complexity index is 930. The van der Waals surface area contributed by atoms with E-state index >= 15 is 0 Å². The Morgan fingerprint density at radius 3 is 2.74 bits per heavy atom. The average Bonchev–Trinajstić information content (AvgIpc) is 2.92. The SMILES string of the molecule is Cc1cccc(-n2nc(C(=O)Nc3ccccc3Cl)[nH]c2=O)c1. The van der Waals surface area contributed by atoms with Crippen molar-refractivity contribution in [1.29, 1.82) is 0 Å². The van der Waals surface area contributed by atoms with E-state index in [0.29, 0.717) is 16.4 Å². The van der Waals surface area contributed by atoms with Gasteiger partial charge in [-0.25, -0.2) is 4.79 Å². The normalized spacial score (nSPS) is 10.5. The summed E-state index contributed by atoms with van der Waals surface area (Å²) in [6.07, 6.45) is 0. The van der Waals surface area contributed by atoms with Crippen LogP contribution in [0.2, 0.25) is 5.02 Å². The summed E-state index contributed by atoms with van der Waals surface area (Å²) in [5.41, 5.74) is 1.53. The van der Waals surface area contributed by atoms with E-state index in [1.807, 2.05) is 19.1 Å². The molecule has 0 saturated carbocycles. The van der Waals surface area contributed by atoms with E-state index in [2.05, 4.69) is 15.4 Å². The van der Waals surface area contributed by atoms with Crippen LogP contribution in [-0.4, -0.2) is 20.7 Å². The molecule has 3 aromatic rings. The van der Waals surface area contributed by atoms with Crippen molar-refractivity contribution in [2.45, 2.75) is 6.92 Å². The highest BCUT2D eigenvalue weighted by atomic mass is 35.5. The van der Waals surface area contributed by atoms with E-state index in [4.69, 9.17) is 11.6 Å². The number of hydrogen-bond donors (Lipinski definition) is 2. The van der Waals surface area contributed by atoms with Gasteiger partial charge in [0, 0.05) is 0 Å². The van der Waals surface area contributed by atoms with Gasteiger partial charge >= 0.3 is 5.69 Å². The molecule has 23 heavy (non-hydrogen) atoms. The minimum absolute atomic E-state index is 0.0866. The van der Waals surface area contributed by atoms with Gasteiger partial charge in [-0.3, -0.25) is 9.78 Å². The Balaban J connectivity index is 1.90. The Labute approximate surface area is 136 Å². The minimum atomic E-state index is -0.540. The van der Waals surface area contributed by atoms with Crippen molar-refractivity contribution in [2.75, 3.05) is 5.32 Å². The highest BCUT2D eigenvalue weighted by Crippen LogP contribution is 2.20. The summed E-state index contributed by atoms with van der Waals surface area (Å²) >= 11 is 5.99. The lowest BCUT2D eigenvalue weighted by Gasteiger charge is -2.04. The maximum Gasteiger partial charge on any atom is 0.348 e. The number of nitrogens with zero attached hydrogens (tertiary/aromatic N) is 2. The number of rotatable bonds is 3. The van der Waals surface area contributed by atoms with Gasteiger partial charge in [0.15, 0.2) is 0 Å². The summed E-state index contributed by atoms with van der Waals surface area (Å²) in [4.78, 5) is 26.7. The molecule has 1 amide bonds. The molecule has 2 aromatic carbocycles. The monoisotopic (exact) mass is 328 g/mol. The molecule has 0 unspecified atom stereocenters. The first kappa shape index (κ1) is 15.1. The number of carbonyl (C=O) groups is 1. The number of para-hydroxylation sites is 1. The third-order valence-corrected chi connectivity index (χ3v) is 3.53. The van der Waals surface area contributed by atoms with Crippen LogP contribution in [0, 0.1) is 6.92 Å². The number of hydrogen-bond acceptors (Lipinski definition) is 3. The molecule has 116 valence electrons. The fourth-order valence-electron chi connectivity index (χ4n) is 2.11. The Hall–Kier alpha value is -2.86. The van der Waals surface area contributed by atoms with Crippen LogP contribution in [0.3, 0.4) is 0 Å². The van der Waals surface area contributed by atoms with E-state index in [0.717, 1.165) is 10.2 Å². The number of aromatic amines is 1. The molecule has 0 saturated heterocycles. The van der Waals surface area contributed by atoms with Crippen molar-refractivity contribution in [3.8, 4) is 5.69 Å². The third-order valence-electron chi connectivity index (χ3n) is 3.20. The Morgan fingerprint density at radius 1 is 1.22 bits per heavy atom. The highest BCUT2D eigenvalue weighted by Gasteiger charge is 2.15. The van der Waals surface area contributed by atoms with E-state index in [1.165, 1.54) is 0 Å². The van der Waals surface area contributed by atoms with Crippen molar-refractivity contribution in [3.63, 3.8) is 0 Å². The fraction of sp³-hybridized carbons (Fsp3) is 0.0625. The first-order chi connectivity index (χ1) is 11.0. The van der Waals surface area contributed by atoms with Gasteiger partial charge in [-0.1, -0.05) is 35.9 Å². The maximum absolute atomic E-state index is 12.2. The van der Waals surface area contributed by atoms with Crippen LogP contribution in [-0.2, 0) is 0 Å². The number of benzene rings is 2. The van der Waals surface area contributed by atoms with Crippen LogP contribution in [0.5, 0.6) is 0 Å². The van der Waals surface area contributed by atoms with Crippen LogP contribution in [0.15, 0.2) is 53.3 Å². The molecule has 0 aliphatic carbocycles. The number of anilines is 1. The van der Waals surface area contributed by atoms with Gasteiger partial charge in [-0.05, 0) is 36.8 Å². The topological polar surface area (TPSA) is 79.8 Å². The highest BCUT2D eigenvalue weighted by molar-refractivity contribution is 6.33. The quantitative estimate of drug-likeness (QED) is 0.776. The molecule has 0 radical (unpaired) electrons. The van der Waals surface area contributed by atoms with E-state index in [9.17, 15) is 9.59 Å². The van der Waals surface area contributed by atoms with Crippen molar-refractivity contribution in [2.24, 2.45) is 0 Å². The molecule has 0 aliphatic rings. The van der Waals surface area contributed by atoms with Gasteiger partial charge < -0.3 is 5.32 Å². The first-order valence-corrected chi connectivity index (χ1v) is 7.24. The predicted molar refractivity (Wildman–Crippen MR) is 88.3 cm³/mol. The molecule has 0 aliphatic heterocycles. The predicted octanol–water partition coefficient (Wildman–Crippen LogP) is 2.77. The van der Waals surface area contributed by atoms with Crippen LogP contribution in [0.4, 0.5) is 5.69 Å². The molecule has 0 bridgehead atoms. The second-order valence-corrected chi connectivity index (χ2v) is 5.37. The number of aryl methyl sites for hydroxylation is 1. The van der Waals surface area contributed by atoms with Crippen LogP contribution in [0.25, 0.3) is 5.69 Å². The van der Waals surface area contributed by atoms with Gasteiger partial charge in [-0.2, -0.15) is 4.68 Å². The molecule has 6 nitrogen and oxygen atoms in total. The van der Waals surface area contributed by atoms with Crippen molar-refractivity contribution in [3.05, 3.63) is 75.4 Å². The number of amides is 1. The summed E-state index contributed by atoms with van der Waals surface area (Å²) in [6.45, 7) is 1.91. The lowest BCUT2D eigenvalue weighted by Crippen LogP contribution is -2.16. The minimum Gasteiger partial charge on any atom is -0.318 e. The van der Waals surface area contributed by atoms with E-state index in [-0.39, 0.29) is 5.82 Å². The van der Waals surface area contributed by atoms with Gasteiger partial charge in [-0.15, -0.1) is 5.10 Å². The van der Waals surface area contributed by atoms with Gasteiger partial charge in [0.1, 0.15) is 0 Å². The molecule has 3 rings (SSSR count). The van der Waals surface area contributed by atoms with Crippen molar-refractivity contribution >= 4 is 23.2 Å². The zero-order chi connectivity index (χ0) is 16.4. The van der Waals surface area contributed by atoms with Crippen LogP contribution in [0.1, 0.15) is 16.2 Å². The molecular formula is C16H13ClN4O2. The molecule has 2 N–H and O–H groups in total. The number of halogens is 1. The molecule has 0 fully saturated rings. The largest absolute Gasteiger partial charge is 0.348 e. The number of carbonyl (C=O) groups excluding carboxylic acids is 1. The summed E-state index contributed by atoms with van der Waals surface area (Å²) < 4.78 is 1.15. The second kappa shape index (κ2) is 6.10. The maximum atomic E-state index is 12.2. The third kappa shape index (κ3) is 3.17. The van der Waals surface area contributed by atoms with Crippen LogP contribution < -0.4 is 11.0 Å². The lowest BCUT2D eigenvalue weighted by molar-refractivity contribution is 0.101. The molecule has 0 atom stereocenters. The summed E-state index contributed by atoms with van der Waals surface area (Å²) in [7, 11) is 0. The van der Waals surface area contributed by atoms with Crippen LogP contribution >= 0.6 is 11.6 Å². The number of nitrogens with one attached hydrogen (secondary N) is 2. The zero-order valence-corrected chi connectivity index (χ0v) is 13.0. The Kier molecular flexibility index (Phi) is 3.99. The summed E-state index contributed by atoms with van der Waals surface area (Å²) in [6, 6.07) is 14.1.